The first-order chi connectivity index (χ1) is 9.94. The Bertz CT molecular complexity index is 418. The van der Waals surface area contributed by atoms with Gasteiger partial charge in [-0.3, -0.25) is 0 Å². The smallest absolute Gasteiger partial charge is 0.169 e. The van der Waals surface area contributed by atoms with Crippen LogP contribution in [0.15, 0.2) is 12.3 Å². The van der Waals surface area contributed by atoms with Crippen molar-refractivity contribution in [3.63, 3.8) is 0 Å². The zero-order valence-electron chi connectivity index (χ0n) is 13.6. The Morgan fingerprint density at radius 1 is 1.29 bits per heavy atom. The van der Waals surface area contributed by atoms with Crippen molar-refractivity contribution in [2.24, 2.45) is 0 Å². The summed E-state index contributed by atoms with van der Waals surface area (Å²) in [6.45, 7) is 10.9. The van der Waals surface area contributed by atoms with Gasteiger partial charge in [0.05, 0.1) is 0 Å². The van der Waals surface area contributed by atoms with E-state index in [2.05, 4.69) is 43.3 Å². The van der Waals surface area contributed by atoms with Crippen molar-refractivity contribution in [2.45, 2.75) is 52.6 Å². The molecule has 2 N–H and O–H groups in total. The van der Waals surface area contributed by atoms with Crippen LogP contribution in [0.5, 0.6) is 0 Å². The molecule has 1 rings (SSSR count). The van der Waals surface area contributed by atoms with Crippen molar-refractivity contribution in [3.05, 3.63) is 23.6 Å². The number of hydrogen-bond donors (Lipinski definition) is 2. The summed E-state index contributed by atoms with van der Waals surface area (Å²) in [5.74, 6) is 0.0439. The van der Waals surface area contributed by atoms with Crippen molar-refractivity contribution in [2.75, 3.05) is 25.1 Å². The Balaban J connectivity index is 2.44. The summed E-state index contributed by atoms with van der Waals surface area (Å²) in [6, 6.07) is 1.71. The minimum Gasteiger partial charge on any atom is -0.381 e. The van der Waals surface area contributed by atoms with Crippen LogP contribution in [-0.2, 0) is 11.3 Å². The van der Waals surface area contributed by atoms with Crippen LogP contribution in [-0.4, -0.2) is 30.3 Å². The number of ether oxygens (including phenoxy) is 1. The van der Waals surface area contributed by atoms with E-state index in [-0.39, 0.29) is 11.4 Å². The standard InChI is InChI=1S/C16H28FN3O/c1-5-10-21-11-6-8-18-15-14(17)13(7-9-19-15)12-20-16(2,3)4/h7,9,20H,5-6,8,10-12H2,1-4H3,(H,18,19). The summed E-state index contributed by atoms with van der Waals surface area (Å²) in [5.41, 5.74) is 0.588. The molecule has 0 bridgehead atoms. The molecule has 0 saturated carbocycles. The van der Waals surface area contributed by atoms with Gasteiger partial charge in [0.1, 0.15) is 0 Å². The predicted octanol–water partition coefficient (Wildman–Crippen LogP) is 3.34. The fourth-order valence-electron chi connectivity index (χ4n) is 1.73. The lowest BCUT2D eigenvalue weighted by molar-refractivity contribution is 0.134. The third-order valence-electron chi connectivity index (χ3n) is 2.88. The molecule has 120 valence electrons. The molecule has 0 aromatic carbocycles. The Hall–Kier alpha value is -1.20. The highest BCUT2D eigenvalue weighted by Gasteiger charge is 2.13. The summed E-state index contributed by atoms with van der Waals surface area (Å²) >= 11 is 0. The lowest BCUT2D eigenvalue weighted by Crippen LogP contribution is -2.35. The van der Waals surface area contributed by atoms with Gasteiger partial charge in [0.15, 0.2) is 11.6 Å². The number of nitrogens with zero attached hydrogens (tertiary/aromatic N) is 1. The van der Waals surface area contributed by atoms with E-state index >= 15 is 0 Å². The van der Waals surface area contributed by atoms with Crippen LogP contribution in [0.2, 0.25) is 0 Å². The Labute approximate surface area is 127 Å². The van der Waals surface area contributed by atoms with Gasteiger partial charge >= 0.3 is 0 Å². The van der Waals surface area contributed by atoms with Crippen molar-refractivity contribution in [1.82, 2.24) is 10.3 Å². The fraction of sp³-hybridized carbons (Fsp3) is 0.688. The number of pyridine rings is 1. The highest BCUT2D eigenvalue weighted by Crippen LogP contribution is 2.15. The molecule has 0 atom stereocenters. The number of halogens is 1. The summed E-state index contributed by atoms with van der Waals surface area (Å²) in [5, 5.41) is 6.31. The molecule has 1 aromatic heterocycles. The van der Waals surface area contributed by atoms with E-state index in [1.54, 1.807) is 12.3 Å². The SMILES string of the molecule is CCCOCCCNc1nccc(CNC(C)(C)C)c1F. The van der Waals surface area contributed by atoms with Crippen LogP contribution >= 0.6 is 0 Å². The van der Waals surface area contributed by atoms with Crippen LogP contribution in [0.25, 0.3) is 0 Å². The predicted molar refractivity (Wildman–Crippen MR) is 85.0 cm³/mol. The van der Waals surface area contributed by atoms with Gasteiger partial charge in [-0.15, -0.1) is 0 Å². The molecule has 21 heavy (non-hydrogen) atoms. The molecule has 0 fully saturated rings. The molecular weight excluding hydrogens is 269 g/mol. The molecule has 0 aliphatic carbocycles. The third kappa shape index (κ3) is 7.39. The minimum atomic E-state index is -0.274. The molecule has 0 spiro atoms. The molecule has 0 aliphatic heterocycles. The van der Waals surface area contributed by atoms with Gasteiger partial charge in [0.2, 0.25) is 0 Å². The average molecular weight is 297 g/mol. The maximum atomic E-state index is 14.3. The van der Waals surface area contributed by atoms with E-state index in [4.69, 9.17) is 4.74 Å². The van der Waals surface area contributed by atoms with Crippen LogP contribution in [0, 0.1) is 5.82 Å². The highest BCUT2D eigenvalue weighted by atomic mass is 19.1. The van der Waals surface area contributed by atoms with Gasteiger partial charge in [-0.1, -0.05) is 6.92 Å². The number of hydrogen-bond acceptors (Lipinski definition) is 4. The first-order valence-corrected chi connectivity index (χ1v) is 7.64. The molecule has 0 radical (unpaired) electrons. The van der Waals surface area contributed by atoms with Crippen molar-refractivity contribution >= 4 is 5.82 Å². The molecule has 0 aliphatic rings. The van der Waals surface area contributed by atoms with E-state index in [0.29, 0.717) is 31.1 Å². The number of aromatic nitrogens is 1. The average Bonchev–Trinajstić information content (AvgIpc) is 2.42. The van der Waals surface area contributed by atoms with E-state index in [9.17, 15) is 4.39 Å². The molecule has 1 heterocycles. The molecule has 0 unspecified atom stereocenters. The lowest BCUT2D eigenvalue weighted by atomic mass is 10.1. The van der Waals surface area contributed by atoms with E-state index < -0.39 is 0 Å². The number of rotatable bonds is 9. The van der Waals surface area contributed by atoms with Gasteiger partial charge < -0.3 is 15.4 Å². The van der Waals surface area contributed by atoms with E-state index in [1.165, 1.54) is 0 Å². The van der Waals surface area contributed by atoms with Crippen molar-refractivity contribution < 1.29 is 9.13 Å². The van der Waals surface area contributed by atoms with Crippen LogP contribution in [0.4, 0.5) is 10.2 Å². The second-order valence-corrected chi connectivity index (χ2v) is 6.13. The molecule has 1 aromatic rings. The van der Waals surface area contributed by atoms with Gasteiger partial charge in [-0.2, -0.15) is 0 Å². The zero-order valence-corrected chi connectivity index (χ0v) is 13.6. The molecule has 0 saturated heterocycles. The monoisotopic (exact) mass is 297 g/mol. The molecule has 4 nitrogen and oxygen atoms in total. The Kier molecular flexibility index (Phi) is 7.61. The summed E-state index contributed by atoms with van der Waals surface area (Å²) in [7, 11) is 0. The molecular formula is C16H28FN3O. The Morgan fingerprint density at radius 2 is 2.05 bits per heavy atom. The van der Waals surface area contributed by atoms with E-state index in [1.807, 2.05) is 0 Å². The number of nitrogens with one attached hydrogen (secondary N) is 2. The minimum absolute atomic E-state index is 0.0417. The largest absolute Gasteiger partial charge is 0.381 e. The number of anilines is 1. The molecule has 5 heteroatoms. The van der Waals surface area contributed by atoms with Crippen molar-refractivity contribution in [3.8, 4) is 0 Å². The summed E-state index contributed by atoms with van der Waals surface area (Å²) in [4.78, 5) is 4.06. The quantitative estimate of drug-likeness (QED) is 0.686. The second kappa shape index (κ2) is 8.95. The lowest BCUT2D eigenvalue weighted by Gasteiger charge is -2.21. The fourth-order valence-corrected chi connectivity index (χ4v) is 1.73. The van der Waals surface area contributed by atoms with Gasteiger partial charge in [0.25, 0.3) is 0 Å². The molecule has 0 amide bonds. The van der Waals surface area contributed by atoms with Crippen LogP contribution in [0.3, 0.4) is 0 Å². The first kappa shape index (κ1) is 17.9. The zero-order chi connectivity index (χ0) is 15.7. The third-order valence-corrected chi connectivity index (χ3v) is 2.88. The maximum Gasteiger partial charge on any atom is 0.169 e. The van der Waals surface area contributed by atoms with E-state index in [0.717, 1.165) is 19.4 Å². The highest BCUT2D eigenvalue weighted by molar-refractivity contribution is 5.39. The van der Waals surface area contributed by atoms with Gasteiger partial charge in [-0.25, -0.2) is 9.37 Å². The maximum absolute atomic E-state index is 14.3. The normalized spacial score (nSPS) is 11.7. The van der Waals surface area contributed by atoms with Crippen LogP contribution in [0.1, 0.15) is 46.1 Å². The van der Waals surface area contributed by atoms with Gasteiger partial charge in [-0.05, 0) is 39.7 Å². The Morgan fingerprint density at radius 3 is 2.71 bits per heavy atom. The topological polar surface area (TPSA) is 46.2 Å². The second-order valence-electron chi connectivity index (χ2n) is 6.13. The van der Waals surface area contributed by atoms with Gasteiger partial charge in [0, 0.05) is 43.6 Å². The first-order valence-electron chi connectivity index (χ1n) is 7.64. The summed E-state index contributed by atoms with van der Waals surface area (Å²) < 4.78 is 19.7. The summed E-state index contributed by atoms with van der Waals surface area (Å²) in [6.07, 6.45) is 3.50. The van der Waals surface area contributed by atoms with Crippen LogP contribution < -0.4 is 10.6 Å². The van der Waals surface area contributed by atoms with Crippen molar-refractivity contribution in [1.29, 1.82) is 0 Å².